The smallest absolute Gasteiger partial charge is 0.0992 e. The number of anilines is 1. The zero-order valence-corrected chi connectivity index (χ0v) is 8.48. The highest BCUT2D eigenvalue weighted by molar-refractivity contribution is 7.99. The lowest BCUT2D eigenvalue weighted by atomic mass is 10.1. The van der Waals surface area contributed by atoms with Crippen molar-refractivity contribution in [1.29, 1.82) is 5.26 Å². The third kappa shape index (κ3) is 1.42. The number of rotatable bonds is 2. The molecule has 0 aliphatic heterocycles. The number of nitrogens with zero attached hydrogens (tertiary/aromatic N) is 1. The van der Waals surface area contributed by atoms with Gasteiger partial charge in [-0.2, -0.15) is 5.26 Å². The lowest BCUT2D eigenvalue weighted by Gasteiger charge is -2.04. The molecule has 0 spiro atoms. The third-order valence-corrected chi connectivity index (χ3v) is 2.42. The van der Waals surface area contributed by atoms with Crippen LogP contribution in [-0.4, -0.2) is 11.2 Å². The minimum absolute atomic E-state index is 0.675. The maximum atomic E-state index is 8.83. The fraction of sp³-hybridized carbons (Fsp3) is 0.100. The van der Waals surface area contributed by atoms with Crippen LogP contribution in [0.15, 0.2) is 24.4 Å². The molecule has 0 saturated carbocycles. The highest BCUT2D eigenvalue weighted by Gasteiger charge is 2.03. The molecule has 0 aliphatic carbocycles. The molecular weight excluding hydrogens is 194 g/mol. The molecule has 1 aromatic heterocycles. The molecule has 0 saturated heterocycles. The molecule has 0 fully saturated rings. The summed E-state index contributed by atoms with van der Waals surface area (Å²) in [5.74, 6) is 0. The van der Waals surface area contributed by atoms with E-state index in [4.69, 9.17) is 5.26 Å². The van der Waals surface area contributed by atoms with Gasteiger partial charge in [-0.05, 0) is 18.2 Å². The number of benzene rings is 1. The van der Waals surface area contributed by atoms with E-state index in [0.29, 0.717) is 5.56 Å². The van der Waals surface area contributed by atoms with E-state index in [9.17, 15) is 0 Å². The zero-order valence-electron chi connectivity index (χ0n) is 7.66. The monoisotopic (exact) mass is 203 g/mol. The van der Waals surface area contributed by atoms with Gasteiger partial charge in [0.05, 0.1) is 22.8 Å². The lowest BCUT2D eigenvalue weighted by molar-refractivity contribution is 1.46. The molecule has 2 N–H and O–H groups in total. The molecule has 0 amide bonds. The minimum Gasteiger partial charge on any atom is -0.359 e. The molecule has 0 radical (unpaired) electrons. The third-order valence-electron chi connectivity index (χ3n) is 2.00. The molecule has 2 aromatic rings. The van der Waals surface area contributed by atoms with Crippen molar-refractivity contribution >= 4 is 28.5 Å². The number of hydrogen-bond donors (Lipinski definition) is 2. The van der Waals surface area contributed by atoms with Crippen LogP contribution in [0.1, 0.15) is 5.56 Å². The van der Waals surface area contributed by atoms with Crippen molar-refractivity contribution < 1.29 is 0 Å². The Bertz CT molecular complexity index is 496. The molecule has 2 rings (SSSR count). The summed E-state index contributed by atoms with van der Waals surface area (Å²) < 4.78 is 3.15. The van der Waals surface area contributed by atoms with E-state index in [2.05, 4.69) is 15.8 Å². The SMILES string of the molecule is CSNc1cc(C#N)cc2cc[nH]c12. The molecule has 4 heteroatoms. The van der Waals surface area contributed by atoms with E-state index in [0.717, 1.165) is 16.6 Å². The average Bonchev–Trinajstić information content (AvgIpc) is 2.66. The van der Waals surface area contributed by atoms with Gasteiger partial charge in [-0.25, -0.2) is 0 Å². The Labute approximate surface area is 86.3 Å². The van der Waals surface area contributed by atoms with Crippen molar-refractivity contribution in [3.8, 4) is 6.07 Å². The number of nitrogens with one attached hydrogen (secondary N) is 2. The second kappa shape index (κ2) is 3.64. The predicted octanol–water partition coefficient (Wildman–Crippen LogP) is 2.73. The van der Waals surface area contributed by atoms with Gasteiger partial charge in [0, 0.05) is 17.8 Å². The number of H-pyrrole nitrogens is 1. The Morgan fingerprint density at radius 3 is 3.07 bits per heavy atom. The van der Waals surface area contributed by atoms with Crippen molar-refractivity contribution in [2.45, 2.75) is 0 Å². The summed E-state index contributed by atoms with van der Waals surface area (Å²) in [6.07, 6.45) is 3.82. The first-order valence-electron chi connectivity index (χ1n) is 4.15. The molecular formula is C10H9N3S. The maximum absolute atomic E-state index is 8.83. The molecule has 0 unspecified atom stereocenters. The van der Waals surface area contributed by atoms with Crippen molar-refractivity contribution in [3.63, 3.8) is 0 Å². The molecule has 0 atom stereocenters. The highest BCUT2D eigenvalue weighted by Crippen LogP contribution is 2.25. The topological polar surface area (TPSA) is 51.6 Å². The zero-order chi connectivity index (χ0) is 9.97. The van der Waals surface area contributed by atoms with Crippen LogP contribution in [0, 0.1) is 11.3 Å². The average molecular weight is 203 g/mol. The van der Waals surface area contributed by atoms with Crippen molar-refractivity contribution in [2.75, 3.05) is 11.0 Å². The van der Waals surface area contributed by atoms with E-state index in [1.165, 1.54) is 11.9 Å². The van der Waals surface area contributed by atoms with Crippen LogP contribution >= 0.6 is 11.9 Å². The fourth-order valence-corrected chi connectivity index (χ4v) is 1.81. The first-order valence-corrected chi connectivity index (χ1v) is 5.38. The van der Waals surface area contributed by atoms with E-state index in [1.807, 2.05) is 30.7 Å². The van der Waals surface area contributed by atoms with E-state index in [-0.39, 0.29) is 0 Å². The molecule has 1 aromatic carbocycles. The van der Waals surface area contributed by atoms with Gasteiger partial charge in [0.25, 0.3) is 0 Å². The number of nitriles is 1. The summed E-state index contributed by atoms with van der Waals surface area (Å²) in [7, 11) is 0. The summed E-state index contributed by atoms with van der Waals surface area (Å²) in [6.45, 7) is 0. The summed E-state index contributed by atoms with van der Waals surface area (Å²) in [5.41, 5.74) is 2.67. The molecule has 0 aliphatic rings. The normalized spacial score (nSPS) is 10.0. The van der Waals surface area contributed by atoms with Crippen molar-refractivity contribution in [3.05, 3.63) is 30.0 Å². The van der Waals surface area contributed by atoms with E-state index in [1.54, 1.807) is 0 Å². The number of aromatic amines is 1. The molecule has 70 valence electrons. The predicted molar refractivity (Wildman–Crippen MR) is 60.2 cm³/mol. The van der Waals surface area contributed by atoms with Gasteiger partial charge >= 0.3 is 0 Å². The second-order valence-electron chi connectivity index (χ2n) is 2.88. The van der Waals surface area contributed by atoms with Crippen LogP contribution in [0.3, 0.4) is 0 Å². The van der Waals surface area contributed by atoms with E-state index < -0.39 is 0 Å². The number of hydrogen-bond acceptors (Lipinski definition) is 3. The first kappa shape index (κ1) is 8.97. The summed E-state index contributed by atoms with van der Waals surface area (Å²) in [4.78, 5) is 3.14. The summed E-state index contributed by atoms with van der Waals surface area (Å²) >= 11 is 1.51. The molecule has 0 bridgehead atoms. The van der Waals surface area contributed by atoms with Gasteiger partial charge in [-0.15, -0.1) is 0 Å². The molecule has 3 nitrogen and oxygen atoms in total. The molecule has 14 heavy (non-hydrogen) atoms. The highest BCUT2D eigenvalue weighted by atomic mass is 32.2. The number of aromatic nitrogens is 1. The van der Waals surface area contributed by atoms with Crippen LogP contribution in [-0.2, 0) is 0 Å². The van der Waals surface area contributed by atoms with Gasteiger partial charge in [0.2, 0.25) is 0 Å². The van der Waals surface area contributed by atoms with Crippen LogP contribution < -0.4 is 4.72 Å². The van der Waals surface area contributed by atoms with Gasteiger partial charge in [0.1, 0.15) is 0 Å². The van der Waals surface area contributed by atoms with Crippen LogP contribution in [0.4, 0.5) is 5.69 Å². The van der Waals surface area contributed by atoms with Crippen LogP contribution in [0.2, 0.25) is 0 Å². The Morgan fingerprint density at radius 1 is 1.50 bits per heavy atom. The minimum atomic E-state index is 0.675. The van der Waals surface area contributed by atoms with Gasteiger partial charge < -0.3 is 9.71 Å². The quantitative estimate of drug-likeness (QED) is 0.738. The van der Waals surface area contributed by atoms with Crippen molar-refractivity contribution in [1.82, 2.24) is 4.98 Å². The largest absolute Gasteiger partial charge is 0.359 e. The Hall–Kier alpha value is -1.60. The lowest BCUT2D eigenvalue weighted by Crippen LogP contribution is -1.87. The van der Waals surface area contributed by atoms with E-state index >= 15 is 0 Å². The summed E-state index contributed by atoms with van der Waals surface area (Å²) in [6, 6.07) is 7.82. The fourth-order valence-electron chi connectivity index (χ4n) is 1.43. The Morgan fingerprint density at radius 2 is 2.36 bits per heavy atom. The Balaban J connectivity index is 2.65. The Kier molecular flexibility index (Phi) is 2.33. The van der Waals surface area contributed by atoms with Crippen molar-refractivity contribution in [2.24, 2.45) is 0 Å². The standard InChI is InChI=1S/C10H9N3S/c1-14-13-9-5-7(6-11)4-8-2-3-12-10(8)9/h2-5,12-13H,1H3. The maximum Gasteiger partial charge on any atom is 0.0992 e. The first-order chi connectivity index (χ1) is 6.85. The van der Waals surface area contributed by atoms with Crippen LogP contribution in [0.5, 0.6) is 0 Å². The van der Waals surface area contributed by atoms with Gasteiger partial charge in [-0.3, -0.25) is 0 Å². The second-order valence-corrected chi connectivity index (χ2v) is 3.50. The number of fused-ring (bicyclic) bond motifs is 1. The molecule has 1 heterocycles. The summed E-state index contributed by atoms with van der Waals surface area (Å²) in [5, 5.41) is 9.89. The van der Waals surface area contributed by atoms with Gasteiger partial charge in [-0.1, -0.05) is 11.9 Å². The van der Waals surface area contributed by atoms with Crippen LogP contribution in [0.25, 0.3) is 10.9 Å². The van der Waals surface area contributed by atoms with Gasteiger partial charge in [0.15, 0.2) is 0 Å².